The Balaban J connectivity index is 3.81. The Labute approximate surface area is 73.8 Å². The molecule has 0 bridgehead atoms. The van der Waals surface area contributed by atoms with Gasteiger partial charge in [0.05, 0.1) is 0 Å². The highest BCUT2D eigenvalue weighted by Gasteiger charge is 2.00. The lowest BCUT2D eigenvalue weighted by atomic mass is 10.2. The first-order valence-electron chi connectivity index (χ1n) is 4.04. The Hall–Kier alpha value is -0.860. The summed E-state index contributed by atoms with van der Waals surface area (Å²) in [6.45, 7) is 3.83. The van der Waals surface area contributed by atoms with Crippen LogP contribution in [0.3, 0.4) is 0 Å². The van der Waals surface area contributed by atoms with Crippen LogP contribution >= 0.6 is 0 Å². The van der Waals surface area contributed by atoms with Crippen LogP contribution < -0.4 is 0 Å². The molecule has 0 aliphatic heterocycles. The molecule has 0 aliphatic rings. The lowest BCUT2D eigenvalue weighted by molar-refractivity contribution is -0.323. The number of rotatable bonds is 5. The van der Waals surface area contributed by atoms with Gasteiger partial charge in [0.1, 0.15) is 6.10 Å². The van der Waals surface area contributed by atoms with Gasteiger partial charge in [-0.1, -0.05) is 36.5 Å². The zero-order chi connectivity index (χ0) is 9.23. The zero-order valence-corrected chi connectivity index (χ0v) is 7.57. The Morgan fingerprint density at radius 3 is 2.50 bits per heavy atom. The van der Waals surface area contributed by atoms with E-state index in [4.69, 9.17) is 0 Å². The summed E-state index contributed by atoms with van der Waals surface area (Å²) in [7, 11) is 0. The molecule has 0 aromatic rings. The molecule has 2 heteroatoms. The topological polar surface area (TPSA) is 29.1 Å². The van der Waals surface area contributed by atoms with E-state index in [1.807, 2.05) is 44.2 Å². The Morgan fingerprint density at radius 1 is 1.25 bits per heavy atom. The first-order valence-corrected chi connectivity index (χ1v) is 4.04. The van der Waals surface area contributed by atoms with E-state index < -0.39 is 0 Å². The molecular formula is C10H15O2. The molecule has 1 radical (unpaired) electrons. The van der Waals surface area contributed by atoms with Crippen molar-refractivity contribution in [2.45, 2.75) is 26.4 Å². The van der Waals surface area contributed by atoms with Gasteiger partial charge in [-0.2, -0.15) is 4.89 Å². The van der Waals surface area contributed by atoms with E-state index in [1.165, 1.54) is 0 Å². The lowest BCUT2D eigenvalue weighted by Gasteiger charge is -2.01. The largest absolute Gasteiger partial charge is 0.196 e. The molecule has 0 fully saturated rings. The molecular weight excluding hydrogens is 152 g/mol. The second kappa shape index (κ2) is 8.24. The number of hydrogen-bond acceptors (Lipinski definition) is 1. The molecule has 12 heavy (non-hydrogen) atoms. The van der Waals surface area contributed by atoms with Gasteiger partial charge in [-0.25, -0.2) is 0 Å². The third-order valence-corrected chi connectivity index (χ3v) is 1.36. The van der Waals surface area contributed by atoms with Gasteiger partial charge in [-0.05, 0) is 25.5 Å². The summed E-state index contributed by atoms with van der Waals surface area (Å²) in [5.41, 5.74) is 0. The highest BCUT2D eigenvalue weighted by atomic mass is 17.1. The van der Waals surface area contributed by atoms with Crippen LogP contribution in [0.5, 0.6) is 0 Å². The van der Waals surface area contributed by atoms with Crippen molar-refractivity contribution >= 4 is 0 Å². The molecule has 0 aliphatic carbocycles. The quantitative estimate of drug-likeness (QED) is 0.268. The van der Waals surface area contributed by atoms with Crippen LogP contribution in [0.1, 0.15) is 20.3 Å². The fourth-order valence-corrected chi connectivity index (χ4v) is 0.719. The maximum atomic E-state index is 10.1. The van der Waals surface area contributed by atoms with Gasteiger partial charge in [-0.15, -0.1) is 0 Å². The molecule has 2 nitrogen and oxygen atoms in total. The molecule has 0 heterocycles. The summed E-state index contributed by atoms with van der Waals surface area (Å²) in [4.78, 5) is 3.98. The highest BCUT2D eigenvalue weighted by Crippen LogP contribution is 2.00. The maximum Gasteiger partial charge on any atom is 0.118 e. The highest BCUT2D eigenvalue weighted by molar-refractivity contribution is 5.05. The smallest absolute Gasteiger partial charge is 0.118 e. The fraction of sp³-hybridized carbons (Fsp3) is 0.400. The van der Waals surface area contributed by atoms with E-state index in [0.717, 1.165) is 0 Å². The van der Waals surface area contributed by atoms with E-state index >= 15 is 0 Å². The zero-order valence-electron chi connectivity index (χ0n) is 7.57. The first kappa shape index (κ1) is 11.1. The summed E-state index contributed by atoms with van der Waals surface area (Å²) in [6.07, 6.45) is 11.4. The van der Waals surface area contributed by atoms with Crippen LogP contribution in [0.4, 0.5) is 0 Å². The Kier molecular flexibility index (Phi) is 7.65. The number of allylic oxidation sites excluding steroid dienone is 4. The minimum absolute atomic E-state index is 0.350. The molecule has 1 atom stereocenters. The van der Waals surface area contributed by atoms with Crippen LogP contribution in [0.2, 0.25) is 0 Å². The van der Waals surface area contributed by atoms with Gasteiger partial charge in [0.25, 0.3) is 0 Å². The van der Waals surface area contributed by atoms with E-state index in [0.29, 0.717) is 6.42 Å². The summed E-state index contributed by atoms with van der Waals surface area (Å²) in [5, 5.41) is 10.1. The van der Waals surface area contributed by atoms with Crippen molar-refractivity contribution < 1.29 is 10.1 Å². The standard InChI is InChI=1S/C10H15O2/c1-3-5-7-9-10(12-11)8-6-4-2/h3-7,9-10H,8H2,1-2H3/b5-3-,6-4-,9-7+. The van der Waals surface area contributed by atoms with Crippen LogP contribution in [-0.4, -0.2) is 6.10 Å². The average Bonchev–Trinajstić information content (AvgIpc) is 2.11. The second-order valence-corrected chi connectivity index (χ2v) is 2.35. The van der Waals surface area contributed by atoms with Crippen molar-refractivity contribution in [2.24, 2.45) is 0 Å². The molecule has 0 saturated heterocycles. The van der Waals surface area contributed by atoms with Gasteiger partial charge in [0.2, 0.25) is 0 Å². The molecule has 1 unspecified atom stereocenters. The van der Waals surface area contributed by atoms with Crippen molar-refractivity contribution in [3.8, 4) is 0 Å². The number of hydrogen-bond donors (Lipinski definition) is 0. The third-order valence-electron chi connectivity index (χ3n) is 1.36. The molecule has 0 amide bonds. The van der Waals surface area contributed by atoms with Gasteiger partial charge in [0, 0.05) is 0 Å². The minimum atomic E-state index is -0.350. The predicted octanol–water partition coefficient (Wildman–Crippen LogP) is 2.82. The van der Waals surface area contributed by atoms with E-state index in [1.54, 1.807) is 6.08 Å². The normalized spacial score (nSPS) is 15.2. The summed E-state index contributed by atoms with van der Waals surface area (Å²) < 4.78 is 0. The summed E-state index contributed by atoms with van der Waals surface area (Å²) in [6, 6.07) is 0. The first-order chi connectivity index (χ1) is 5.85. The van der Waals surface area contributed by atoms with E-state index in [9.17, 15) is 5.26 Å². The molecule has 0 aromatic carbocycles. The van der Waals surface area contributed by atoms with Crippen molar-refractivity contribution in [1.29, 1.82) is 0 Å². The lowest BCUT2D eigenvalue weighted by Crippen LogP contribution is -2.03. The van der Waals surface area contributed by atoms with Crippen LogP contribution in [0.25, 0.3) is 0 Å². The van der Waals surface area contributed by atoms with E-state index in [2.05, 4.69) is 4.89 Å². The predicted molar refractivity (Wildman–Crippen MR) is 48.9 cm³/mol. The summed E-state index contributed by atoms with van der Waals surface area (Å²) in [5.74, 6) is 0. The van der Waals surface area contributed by atoms with Crippen molar-refractivity contribution in [1.82, 2.24) is 0 Å². The second-order valence-electron chi connectivity index (χ2n) is 2.35. The van der Waals surface area contributed by atoms with Gasteiger partial charge in [-0.3, -0.25) is 0 Å². The molecule has 0 spiro atoms. The van der Waals surface area contributed by atoms with E-state index in [-0.39, 0.29) is 6.10 Å². The fourth-order valence-electron chi connectivity index (χ4n) is 0.719. The molecule has 67 valence electrons. The van der Waals surface area contributed by atoms with Gasteiger partial charge >= 0.3 is 0 Å². The monoisotopic (exact) mass is 167 g/mol. The van der Waals surface area contributed by atoms with Crippen LogP contribution in [-0.2, 0) is 10.1 Å². The third kappa shape index (κ3) is 5.89. The van der Waals surface area contributed by atoms with Gasteiger partial charge < -0.3 is 0 Å². The van der Waals surface area contributed by atoms with Crippen molar-refractivity contribution in [3.63, 3.8) is 0 Å². The van der Waals surface area contributed by atoms with Gasteiger partial charge in [0.15, 0.2) is 0 Å². The Morgan fingerprint density at radius 2 is 2.00 bits per heavy atom. The molecule has 0 N–H and O–H groups in total. The van der Waals surface area contributed by atoms with Crippen LogP contribution in [0, 0.1) is 0 Å². The van der Waals surface area contributed by atoms with Crippen LogP contribution in [0.15, 0.2) is 36.5 Å². The molecule has 0 aromatic heterocycles. The summed E-state index contributed by atoms with van der Waals surface area (Å²) >= 11 is 0. The SMILES string of the molecule is C/C=C\C=C\C(C/C=C\C)O[O]. The van der Waals surface area contributed by atoms with Crippen molar-refractivity contribution in [3.05, 3.63) is 36.5 Å². The maximum absolute atomic E-state index is 10.1. The molecule has 0 rings (SSSR count). The van der Waals surface area contributed by atoms with Crippen molar-refractivity contribution in [2.75, 3.05) is 0 Å². The Bertz CT molecular complexity index is 169. The molecule has 0 saturated carbocycles. The average molecular weight is 167 g/mol. The minimum Gasteiger partial charge on any atom is -0.196 e.